The molecule has 3 aromatic carbocycles. The summed E-state index contributed by atoms with van der Waals surface area (Å²) in [5.41, 5.74) is 2.55. The van der Waals surface area contributed by atoms with E-state index in [0.717, 1.165) is 5.69 Å². The number of carbonyl (C=O) groups excluding carboxylic acids is 2. The Morgan fingerprint density at radius 1 is 0.971 bits per heavy atom. The molecule has 7 heteroatoms. The predicted octanol–water partition coefficient (Wildman–Crippen LogP) is 4.79. The summed E-state index contributed by atoms with van der Waals surface area (Å²) >= 11 is 0. The molecule has 0 aromatic heterocycles. The number of aliphatic hydroxyl groups is 1. The number of aliphatic hydroxyl groups excluding tert-OH is 1. The van der Waals surface area contributed by atoms with Crippen molar-refractivity contribution in [3.8, 4) is 11.5 Å². The molecule has 7 nitrogen and oxygen atoms in total. The summed E-state index contributed by atoms with van der Waals surface area (Å²) in [6.07, 6.45) is 0. The zero-order valence-corrected chi connectivity index (χ0v) is 20.2. The van der Waals surface area contributed by atoms with Crippen molar-refractivity contribution in [2.24, 2.45) is 0 Å². The summed E-state index contributed by atoms with van der Waals surface area (Å²) in [5, 5.41) is 11.3. The topological polar surface area (TPSA) is 79.3 Å². The van der Waals surface area contributed by atoms with E-state index in [4.69, 9.17) is 9.47 Å². The van der Waals surface area contributed by atoms with Gasteiger partial charge in [-0.2, -0.15) is 0 Å². The van der Waals surface area contributed by atoms with Gasteiger partial charge in [0, 0.05) is 31.0 Å². The van der Waals surface area contributed by atoms with Gasteiger partial charge in [-0.1, -0.05) is 24.3 Å². The Hall–Kier alpha value is -4.26. The number of nitrogens with zero attached hydrogens (tertiary/aromatic N) is 2. The zero-order chi connectivity index (χ0) is 25.1. The molecular formula is C28H28N2O5. The third-order valence-electron chi connectivity index (χ3n) is 5.92. The number of hydrogen-bond donors (Lipinski definition) is 1. The van der Waals surface area contributed by atoms with E-state index in [9.17, 15) is 14.7 Å². The van der Waals surface area contributed by atoms with Crippen molar-refractivity contribution in [2.45, 2.75) is 13.0 Å². The van der Waals surface area contributed by atoms with Crippen LogP contribution in [-0.4, -0.2) is 44.6 Å². The third-order valence-corrected chi connectivity index (χ3v) is 5.92. The summed E-state index contributed by atoms with van der Waals surface area (Å²) in [7, 11) is 5.37. The lowest BCUT2D eigenvalue weighted by atomic mass is 9.95. The molecule has 0 radical (unpaired) electrons. The fraction of sp³-hybridized carbons (Fsp3) is 0.214. The average molecular weight is 473 g/mol. The van der Waals surface area contributed by atoms with Crippen LogP contribution in [0, 0.1) is 0 Å². The summed E-state index contributed by atoms with van der Waals surface area (Å²) in [5.74, 6) is -0.591. The number of Topliss-reactive ketones (excluding diaryl/α,β-unsaturated/α-hetero) is 1. The lowest BCUT2D eigenvalue weighted by molar-refractivity contribution is -0.132. The molecule has 1 N–H and O–H groups in total. The highest BCUT2D eigenvalue weighted by molar-refractivity contribution is 6.51. The van der Waals surface area contributed by atoms with Crippen LogP contribution in [0.15, 0.2) is 78.4 Å². The van der Waals surface area contributed by atoms with E-state index in [1.807, 2.05) is 50.2 Å². The van der Waals surface area contributed by atoms with Gasteiger partial charge in [0.05, 0.1) is 25.3 Å². The average Bonchev–Trinajstić information content (AvgIpc) is 3.14. The normalized spacial score (nSPS) is 16.9. The van der Waals surface area contributed by atoms with Gasteiger partial charge in [-0.3, -0.25) is 14.5 Å². The number of rotatable bonds is 7. The Labute approximate surface area is 204 Å². The largest absolute Gasteiger partial charge is 0.507 e. The first-order valence-corrected chi connectivity index (χ1v) is 11.3. The summed E-state index contributed by atoms with van der Waals surface area (Å²) in [6.45, 7) is 2.35. The van der Waals surface area contributed by atoms with Crippen molar-refractivity contribution in [3.63, 3.8) is 0 Å². The fourth-order valence-electron chi connectivity index (χ4n) is 4.19. The minimum absolute atomic E-state index is 0.00795. The molecule has 1 atom stereocenters. The molecule has 1 heterocycles. The summed E-state index contributed by atoms with van der Waals surface area (Å²) in [6, 6.07) is 20.5. The molecule has 0 aliphatic carbocycles. The highest BCUT2D eigenvalue weighted by Gasteiger charge is 2.47. The summed E-state index contributed by atoms with van der Waals surface area (Å²) in [4.78, 5) is 30.1. The Morgan fingerprint density at radius 3 is 2.31 bits per heavy atom. The van der Waals surface area contributed by atoms with Crippen molar-refractivity contribution in [1.29, 1.82) is 0 Å². The molecule has 1 saturated heterocycles. The minimum atomic E-state index is -0.841. The molecule has 180 valence electrons. The van der Waals surface area contributed by atoms with Crippen molar-refractivity contribution < 1.29 is 24.2 Å². The van der Waals surface area contributed by atoms with Crippen molar-refractivity contribution in [3.05, 3.63) is 89.5 Å². The highest BCUT2D eigenvalue weighted by atomic mass is 16.5. The van der Waals surface area contributed by atoms with E-state index in [1.165, 1.54) is 12.0 Å². The predicted molar refractivity (Wildman–Crippen MR) is 136 cm³/mol. The van der Waals surface area contributed by atoms with Crippen LogP contribution in [0.25, 0.3) is 5.76 Å². The number of ether oxygens (including phenoxy) is 2. The maximum Gasteiger partial charge on any atom is 0.300 e. The Bertz CT molecular complexity index is 1280. The van der Waals surface area contributed by atoms with E-state index in [2.05, 4.69) is 0 Å². The van der Waals surface area contributed by atoms with Gasteiger partial charge in [-0.25, -0.2) is 0 Å². The van der Waals surface area contributed by atoms with Gasteiger partial charge < -0.3 is 19.5 Å². The molecule has 3 aromatic rings. The first kappa shape index (κ1) is 23.9. The first-order chi connectivity index (χ1) is 16.8. The molecule has 0 bridgehead atoms. The lowest BCUT2D eigenvalue weighted by Crippen LogP contribution is -2.29. The van der Waals surface area contributed by atoms with E-state index < -0.39 is 17.7 Å². The molecule has 1 unspecified atom stereocenters. The number of hydrogen-bond acceptors (Lipinski definition) is 6. The van der Waals surface area contributed by atoms with Crippen LogP contribution >= 0.6 is 0 Å². The monoisotopic (exact) mass is 472 g/mol. The molecular weight excluding hydrogens is 444 g/mol. The van der Waals surface area contributed by atoms with Gasteiger partial charge in [0.25, 0.3) is 11.7 Å². The van der Waals surface area contributed by atoms with Gasteiger partial charge in [-0.05, 0) is 61.0 Å². The van der Waals surface area contributed by atoms with Crippen LogP contribution in [0.5, 0.6) is 11.5 Å². The van der Waals surface area contributed by atoms with Crippen LogP contribution in [0.2, 0.25) is 0 Å². The fourth-order valence-corrected chi connectivity index (χ4v) is 4.19. The molecule has 1 fully saturated rings. The van der Waals surface area contributed by atoms with Crippen LogP contribution in [0.4, 0.5) is 11.4 Å². The van der Waals surface area contributed by atoms with Crippen LogP contribution in [0.1, 0.15) is 24.1 Å². The second-order valence-electron chi connectivity index (χ2n) is 8.32. The second-order valence-corrected chi connectivity index (χ2v) is 8.32. The number of amides is 1. The smallest absolute Gasteiger partial charge is 0.300 e. The van der Waals surface area contributed by atoms with E-state index in [-0.39, 0.29) is 11.3 Å². The van der Waals surface area contributed by atoms with Gasteiger partial charge >= 0.3 is 0 Å². The quantitative estimate of drug-likeness (QED) is 0.303. The second kappa shape index (κ2) is 9.93. The van der Waals surface area contributed by atoms with Crippen molar-refractivity contribution in [2.75, 3.05) is 37.6 Å². The molecule has 1 aliphatic rings. The van der Waals surface area contributed by atoms with Crippen LogP contribution in [0.3, 0.4) is 0 Å². The van der Waals surface area contributed by atoms with Crippen LogP contribution < -0.4 is 19.3 Å². The number of benzene rings is 3. The Morgan fingerprint density at radius 2 is 1.66 bits per heavy atom. The van der Waals surface area contributed by atoms with Gasteiger partial charge in [0.2, 0.25) is 0 Å². The van der Waals surface area contributed by atoms with E-state index in [0.29, 0.717) is 34.9 Å². The molecule has 1 amide bonds. The van der Waals surface area contributed by atoms with Crippen molar-refractivity contribution >= 4 is 28.8 Å². The highest BCUT2D eigenvalue weighted by Crippen LogP contribution is 2.43. The molecule has 0 saturated carbocycles. The number of methoxy groups -OCH3 is 1. The Kier molecular flexibility index (Phi) is 6.78. The first-order valence-electron chi connectivity index (χ1n) is 11.3. The molecule has 35 heavy (non-hydrogen) atoms. The maximum absolute atomic E-state index is 13.4. The van der Waals surface area contributed by atoms with Gasteiger partial charge in [0.15, 0.2) is 0 Å². The van der Waals surface area contributed by atoms with E-state index >= 15 is 0 Å². The van der Waals surface area contributed by atoms with Gasteiger partial charge in [-0.15, -0.1) is 0 Å². The Balaban J connectivity index is 1.91. The molecule has 1 aliphatic heterocycles. The number of ketones is 1. The zero-order valence-electron chi connectivity index (χ0n) is 20.2. The minimum Gasteiger partial charge on any atom is -0.507 e. The van der Waals surface area contributed by atoms with Crippen molar-refractivity contribution in [1.82, 2.24) is 0 Å². The number of anilines is 2. The molecule has 0 spiro atoms. The summed E-state index contributed by atoms with van der Waals surface area (Å²) < 4.78 is 10.9. The van der Waals surface area contributed by atoms with Gasteiger partial charge in [0.1, 0.15) is 17.3 Å². The number of carbonyl (C=O) groups is 2. The molecule has 4 rings (SSSR count). The third kappa shape index (κ3) is 4.57. The maximum atomic E-state index is 13.4. The SMILES string of the molecule is CCOc1cccc(C2/C(=C(/O)c3cccc(OC)c3)C(=O)C(=O)N2c2ccc(N(C)C)cc2)c1. The van der Waals surface area contributed by atoms with E-state index in [1.54, 1.807) is 48.5 Å². The standard InChI is InChI=1S/C28H28N2O5/c1-5-35-23-11-6-8-18(16-23)25-24(26(31)19-9-7-10-22(17-19)34-4)27(32)28(33)30(25)21-14-12-20(13-15-21)29(2)3/h6-17,25,31H,5H2,1-4H3/b26-24-. The van der Waals surface area contributed by atoms with Crippen LogP contribution in [-0.2, 0) is 9.59 Å². The lowest BCUT2D eigenvalue weighted by Gasteiger charge is -2.26.